The van der Waals surface area contributed by atoms with Gasteiger partial charge in [0.2, 0.25) is 0 Å². The molecule has 1 amide bonds. The first-order chi connectivity index (χ1) is 9.11. The van der Waals surface area contributed by atoms with E-state index in [4.69, 9.17) is 5.11 Å². The zero-order chi connectivity index (χ0) is 13.8. The molecule has 1 heterocycles. The van der Waals surface area contributed by atoms with E-state index in [0.717, 1.165) is 5.56 Å². The number of aliphatic hydroxyl groups is 1. The summed E-state index contributed by atoms with van der Waals surface area (Å²) in [7, 11) is 0. The molecule has 0 saturated carbocycles. The van der Waals surface area contributed by atoms with Crippen molar-refractivity contribution >= 4 is 11.6 Å². The fourth-order valence-electron chi connectivity index (χ4n) is 1.79. The van der Waals surface area contributed by atoms with Gasteiger partial charge in [-0.15, -0.1) is 0 Å². The molecule has 0 aliphatic rings. The van der Waals surface area contributed by atoms with Crippen LogP contribution in [0.15, 0.2) is 36.5 Å². The Morgan fingerprint density at radius 1 is 1.32 bits per heavy atom. The maximum absolute atomic E-state index is 12.1. The van der Waals surface area contributed by atoms with Gasteiger partial charge in [0.25, 0.3) is 5.91 Å². The van der Waals surface area contributed by atoms with Crippen LogP contribution in [-0.2, 0) is 6.61 Å². The summed E-state index contributed by atoms with van der Waals surface area (Å²) in [6, 6.07) is 8.90. The van der Waals surface area contributed by atoms with Crippen LogP contribution in [-0.4, -0.2) is 20.8 Å². The molecule has 100 valence electrons. The smallest absolute Gasteiger partial charge is 0.273 e. The molecular formula is C14H17N3O2. The lowest BCUT2D eigenvalue weighted by atomic mass is 10.2. The summed E-state index contributed by atoms with van der Waals surface area (Å²) >= 11 is 0. The first-order valence-electron chi connectivity index (χ1n) is 6.16. The fourth-order valence-corrected chi connectivity index (χ4v) is 1.79. The molecule has 0 saturated heterocycles. The maximum atomic E-state index is 12.1. The van der Waals surface area contributed by atoms with Crippen molar-refractivity contribution in [2.75, 3.05) is 5.32 Å². The summed E-state index contributed by atoms with van der Waals surface area (Å²) in [4.78, 5) is 12.1. The van der Waals surface area contributed by atoms with Gasteiger partial charge in [0.05, 0.1) is 6.61 Å². The monoisotopic (exact) mass is 259 g/mol. The Hall–Kier alpha value is -2.14. The molecule has 1 aromatic heterocycles. The van der Waals surface area contributed by atoms with Gasteiger partial charge in [0, 0.05) is 17.9 Å². The van der Waals surface area contributed by atoms with Crippen molar-refractivity contribution in [2.45, 2.75) is 26.5 Å². The molecule has 0 aliphatic heterocycles. The third-order valence-corrected chi connectivity index (χ3v) is 2.79. The van der Waals surface area contributed by atoms with Gasteiger partial charge < -0.3 is 10.4 Å². The first kappa shape index (κ1) is 13.3. The lowest BCUT2D eigenvalue weighted by molar-refractivity contribution is 0.101. The zero-order valence-corrected chi connectivity index (χ0v) is 11.0. The van der Waals surface area contributed by atoms with E-state index in [1.54, 1.807) is 41.2 Å². The Morgan fingerprint density at radius 2 is 2.00 bits per heavy atom. The van der Waals surface area contributed by atoms with Crippen LogP contribution in [0.4, 0.5) is 5.69 Å². The number of anilines is 1. The quantitative estimate of drug-likeness (QED) is 0.884. The van der Waals surface area contributed by atoms with Crippen molar-refractivity contribution in [2.24, 2.45) is 0 Å². The summed E-state index contributed by atoms with van der Waals surface area (Å²) < 4.78 is 1.68. The van der Waals surface area contributed by atoms with Crippen LogP contribution in [0.5, 0.6) is 0 Å². The van der Waals surface area contributed by atoms with E-state index in [1.165, 1.54) is 0 Å². The highest BCUT2D eigenvalue weighted by atomic mass is 16.3. The minimum absolute atomic E-state index is 0.00561. The van der Waals surface area contributed by atoms with Crippen molar-refractivity contribution in [3.8, 4) is 0 Å². The summed E-state index contributed by atoms with van der Waals surface area (Å²) in [6.07, 6.45) is 1.61. The summed E-state index contributed by atoms with van der Waals surface area (Å²) in [6.45, 7) is 3.94. The van der Waals surface area contributed by atoms with Gasteiger partial charge in [-0.25, -0.2) is 0 Å². The van der Waals surface area contributed by atoms with Gasteiger partial charge in [-0.1, -0.05) is 12.1 Å². The molecule has 0 unspecified atom stereocenters. The van der Waals surface area contributed by atoms with Crippen molar-refractivity contribution in [1.29, 1.82) is 0 Å². The van der Waals surface area contributed by atoms with Gasteiger partial charge >= 0.3 is 0 Å². The van der Waals surface area contributed by atoms with Crippen LogP contribution in [0.25, 0.3) is 0 Å². The van der Waals surface area contributed by atoms with Crippen molar-refractivity contribution < 1.29 is 9.90 Å². The van der Waals surface area contributed by atoms with Crippen molar-refractivity contribution in [3.05, 3.63) is 47.8 Å². The second-order valence-corrected chi connectivity index (χ2v) is 4.56. The number of amides is 1. The van der Waals surface area contributed by atoms with Crippen LogP contribution >= 0.6 is 0 Å². The minimum atomic E-state index is -0.192. The van der Waals surface area contributed by atoms with E-state index < -0.39 is 0 Å². The number of hydrogen-bond acceptors (Lipinski definition) is 3. The molecule has 0 aliphatic carbocycles. The van der Waals surface area contributed by atoms with Gasteiger partial charge in [-0.3, -0.25) is 9.48 Å². The fraction of sp³-hybridized carbons (Fsp3) is 0.286. The lowest BCUT2D eigenvalue weighted by Gasteiger charge is -2.11. The molecule has 0 spiro atoms. The van der Waals surface area contributed by atoms with E-state index in [2.05, 4.69) is 10.4 Å². The molecule has 1 aromatic carbocycles. The minimum Gasteiger partial charge on any atom is -0.392 e. The number of aliphatic hydroxyl groups excluding tert-OH is 1. The highest BCUT2D eigenvalue weighted by Gasteiger charge is 2.13. The predicted molar refractivity (Wildman–Crippen MR) is 72.9 cm³/mol. The third-order valence-electron chi connectivity index (χ3n) is 2.79. The number of nitrogens with one attached hydrogen (secondary N) is 1. The zero-order valence-electron chi connectivity index (χ0n) is 11.0. The summed E-state index contributed by atoms with van der Waals surface area (Å²) in [5.41, 5.74) is 2.03. The highest BCUT2D eigenvalue weighted by molar-refractivity contribution is 6.03. The van der Waals surface area contributed by atoms with Crippen LogP contribution in [0, 0.1) is 0 Å². The lowest BCUT2D eigenvalue weighted by Crippen LogP contribution is -2.18. The SMILES string of the molecule is CC(C)n1nccc1C(=O)Nc1ccc(CO)cc1. The molecule has 0 atom stereocenters. The predicted octanol–water partition coefficient (Wildman–Crippen LogP) is 2.21. The average molecular weight is 259 g/mol. The van der Waals surface area contributed by atoms with E-state index in [9.17, 15) is 4.79 Å². The molecule has 0 fully saturated rings. The number of carbonyl (C=O) groups is 1. The topological polar surface area (TPSA) is 67.2 Å². The normalized spacial score (nSPS) is 10.7. The molecule has 5 nitrogen and oxygen atoms in total. The number of nitrogens with zero attached hydrogens (tertiary/aromatic N) is 2. The van der Waals surface area contributed by atoms with Crippen LogP contribution in [0.2, 0.25) is 0 Å². The first-order valence-corrected chi connectivity index (χ1v) is 6.16. The molecule has 0 bridgehead atoms. The van der Waals surface area contributed by atoms with E-state index in [0.29, 0.717) is 11.4 Å². The number of hydrogen-bond donors (Lipinski definition) is 2. The van der Waals surface area contributed by atoms with E-state index >= 15 is 0 Å². The Labute approximate surface area is 111 Å². The number of benzene rings is 1. The number of rotatable bonds is 4. The second-order valence-electron chi connectivity index (χ2n) is 4.56. The van der Waals surface area contributed by atoms with E-state index in [-0.39, 0.29) is 18.6 Å². The van der Waals surface area contributed by atoms with Crippen LogP contribution < -0.4 is 5.32 Å². The molecular weight excluding hydrogens is 242 g/mol. The van der Waals surface area contributed by atoms with Gasteiger partial charge in [-0.05, 0) is 37.6 Å². The maximum Gasteiger partial charge on any atom is 0.273 e. The molecule has 0 radical (unpaired) electrons. The molecule has 2 aromatic rings. The Morgan fingerprint density at radius 3 is 2.58 bits per heavy atom. The molecule has 2 N–H and O–H groups in total. The van der Waals surface area contributed by atoms with Crippen molar-refractivity contribution in [1.82, 2.24) is 9.78 Å². The van der Waals surface area contributed by atoms with Gasteiger partial charge in [0.15, 0.2) is 0 Å². The van der Waals surface area contributed by atoms with Crippen molar-refractivity contribution in [3.63, 3.8) is 0 Å². The summed E-state index contributed by atoms with van der Waals surface area (Å²) in [5, 5.41) is 15.9. The van der Waals surface area contributed by atoms with Gasteiger partial charge in [0.1, 0.15) is 5.69 Å². The third kappa shape index (κ3) is 3.00. The Bertz CT molecular complexity index is 558. The van der Waals surface area contributed by atoms with Crippen LogP contribution in [0.3, 0.4) is 0 Å². The van der Waals surface area contributed by atoms with Crippen LogP contribution in [0.1, 0.15) is 35.9 Å². The van der Waals surface area contributed by atoms with E-state index in [1.807, 2.05) is 13.8 Å². The Kier molecular flexibility index (Phi) is 3.97. The number of aromatic nitrogens is 2. The summed E-state index contributed by atoms with van der Waals surface area (Å²) in [5.74, 6) is -0.192. The highest BCUT2D eigenvalue weighted by Crippen LogP contribution is 2.13. The molecule has 2 rings (SSSR count). The second kappa shape index (κ2) is 5.67. The Balaban J connectivity index is 2.13. The molecule has 5 heteroatoms. The number of carbonyl (C=O) groups excluding carboxylic acids is 1. The standard InChI is InChI=1S/C14H17N3O2/c1-10(2)17-13(7-8-15-17)14(19)16-12-5-3-11(9-18)4-6-12/h3-8,10,18H,9H2,1-2H3,(H,16,19). The average Bonchev–Trinajstić information content (AvgIpc) is 2.89. The van der Waals surface area contributed by atoms with Gasteiger partial charge in [-0.2, -0.15) is 5.10 Å². The molecule has 19 heavy (non-hydrogen) atoms. The largest absolute Gasteiger partial charge is 0.392 e.